The van der Waals surface area contributed by atoms with E-state index in [2.05, 4.69) is 19.6 Å². The first-order valence-corrected chi connectivity index (χ1v) is 10.2. The summed E-state index contributed by atoms with van der Waals surface area (Å²) in [6.45, 7) is 3.49. The van der Waals surface area contributed by atoms with Crippen LogP contribution in [-0.2, 0) is 10.0 Å². The van der Waals surface area contributed by atoms with Crippen LogP contribution in [0.3, 0.4) is 0 Å². The number of nitrogens with two attached hydrogens (primary N) is 1. The zero-order valence-corrected chi connectivity index (χ0v) is 15.9. The Morgan fingerprint density at radius 1 is 1.31 bits per heavy atom. The molecule has 1 saturated heterocycles. The maximum absolute atomic E-state index is 12.3. The topological polar surface area (TPSA) is 101 Å². The number of primary sulfonamides is 1. The van der Waals surface area contributed by atoms with Crippen molar-refractivity contribution in [3.8, 4) is 11.1 Å². The van der Waals surface area contributed by atoms with Gasteiger partial charge in [-0.25, -0.2) is 18.4 Å². The lowest BCUT2D eigenvalue weighted by Crippen LogP contribution is -2.24. The van der Waals surface area contributed by atoms with Gasteiger partial charge >= 0.3 is 5.97 Å². The van der Waals surface area contributed by atoms with Gasteiger partial charge in [0.05, 0.1) is 16.1 Å². The van der Waals surface area contributed by atoms with Gasteiger partial charge in [0.1, 0.15) is 0 Å². The molecule has 1 fully saturated rings. The lowest BCUT2D eigenvalue weighted by Gasteiger charge is -2.26. The molecule has 3 rings (SSSR count). The third-order valence-electron chi connectivity index (χ3n) is 4.58. The zero-order valence-electron chi connectivity index (χ0n) is 14.2. The summed E-state index contributed by atoms with van der Waals surface area (Å²) in [5.74, 6) is -0.828. The second kappa shape index (κ2) is 6.94. The summed E-state index contributed by atoms with van der Waals surface area (Å²) in [5.41, 5.74) is 1.38. The largest absolute Gasteiger partial charge is 0.478 e. The van der Waals surface area contributed by atoms with E-state index in [1.165, 1.54) is 0 Å². The fraction of sp³-hybridized carbons (Fsp3) is 0.278. The minimum atomic E-state index is -4.14. The average Bonchev–Trinajstić information content (AvgIpc) is 2.99. The third kappa shape index (κ3) is 3.44. The Labute approximate surface area is 158 Å². The van der Waals surface area contributed by atoms with Gasteiger partial charge < -0.3 is 10.0 Å². The number of carboxylic acids is 1. The lowest BCUT2D eigenvalue weighted by molar-refractivity contribution is 0.0693. The van der Waals surface area contributed by atoms with Crippen LogP contribution in [-0.4, -0.2) is 32.6 Å². The first-order valence-electron chi connectivity index (χ1n) is 8.16. The number of rotatable bonds is 4. The van der Waals surface area contributed by atoms with Crippen LogP contribution in [0, 0.1) is 5.92 Å². The van der Waals surface area contributed by atoms with Gasteiger partial charge in [0.15, 0.2) is 0 Å². The summed E-state index contributed by atoms with van der Waals surface area (Å²) in [6.07, 6.45) is 0.934. The smallest absolute Gasteiger partial charge is 0.336 e. The lowest BCUT2D eigenvalue weighted by atomic mass is 10.00. The highest BCUT2D eigenvalue weighted by Crippen LogP contribution is 2.44. The van der Waals surface area contributed by atoms with Gasteiger partial charge in [0.25, 0.3) is 0 Å². The first-order chi connectivity index (χ1) is 12.2. The molecule has 138 valence electrons. The van der Waals surface area contributed by atoms with Crippen LogP contribution >= 0.6 is 12.6 Å². The van der Waals surface area contributed by atoms with Crippen LogP contribution in [0.25, 0.3) is 11.1 Å². The molecule has 0 spiro atoms. The predicted octanol–water partition coefficient (Wildman–Crippen LogP) is 2.83. The molecule has 1 atom stereocenters. The van der Waals surface area contributed by atoms with Crippen LogP contribution in [0.2, 0.25) is 0 Å². The number of carboxylic acid groups (broad SMARTS) is 1. The standard InChI is InChI=1S/C18H20N2O4S2/c1-11-7-8-20(10-11)16-15(12-5-3-2-4-6-12)14(26(19,23)24)9-13(17(16)25)18(21)22/h2-6,9,11,25H,7-8,10H2,1H3,(H,21,22)(H2,19,23,24). The molecule has 2 aromatic carbocycles. The van der Waals surface area contributed by atoms with Gasteiger partial charge in [-0.2, -0.15) is 0 Å². The minimum absolute atomic E-state index is 0.174. The van der Waals surface area contributed by atoms with Crippen LogP contribution in [0.4, 0.5) is 5.69 Å². The van der Waals surface area contributed by atoms with Gasteiger partial charge in [-0.15, -0.1) is 12.6 Å². The van der Waals surface area contributed by atoms with E-state index >= 15 is 0 Å². The maximum atomic E-state index is 12.3. The molecule has 1 aliphatic rings. The Morgan fingerprint density at radius 3 is 2.46 bits per heavy atom. The van der Waals surface area contributed by atoms with Crippen molar-refractivity contribution in [3.63, 3.8) is 0 Å². The van der Waals surface area contributed by atoms with E-state index in [-0.39, 0.29) is 15.4 Å². The van der Waals surface area contributed by atoms with Crippen LogP contribution in [0.5, 0.6) is 0 Å². The molecule has 0 aromatic heterocycles. The molecule has 1 unspecified atom stereocenters. The molecular weight excluding hydrogens is 372 g/mol. The number of aromatic carboxylic acids is 1. The van der Waals surface area contributed by atoms with E-state index in [1.807, 2.05) is 11.0 Å². The van der Waals surface area contributed by atoms with Crippen molar-refractivity contribution in [2.45, 2.75) is 23.1 Å². The molecule has 1 aliphatic heterocycles. The molecular formula is C18H20N2O4S2. The van der Waals surface area contributed by atoms with Gasteiger partial charge in [0, 0.05) is 23.5 Å². The van der Waals surface area contributed by atoms with Crippen molar-refractivity contribution < 1.29 is 18.3 Å². The van der Waals surface area contributed by atoms with E-state index < -0.39 is 16.0 Å². The van der Waals surface area contributed by atoms with Crippen LogP contribution in [0.1, 0.15) is 23.7 Å². The van der Waals surface area contributed by atoms with E-state index in [0.717, 1.165) is 12.5 Å². The van der Waals surface area contributed by atoms with Crippen molar-refractivity contribution in [1.82, 2.24) is 0 Å². The minimum Gasteiger partial charge on any atom is -0.478 e. The Balaban J connectivity index is 2.42. The highest BCUT2D eigenvalue weighted by atomic mass is 32.2. The molecule has 0 radical (unpaired) electrons. The highest BCUT2D eigenvalue weighted by molar-refractivity contribution is 7.89. The van der Waals surface area contributed by atoms with Crippen molar-refractivity contribution in [3.05, 3.63) is 42.0 Å². The Kier molecular flexibility index (Phi) is 5.01. The highest BCUT2D eigenvalue weighted by Gasteiger charge is 2.31. The Bertz CT molecular complexity index is 959. The number of sulfonamides is 1. The van der Waals surface area contributed by atoms with E-state index in [9.17, 15) is 18.3 Å². The third-order valence-corrected chi connectivity index (χ3v) is 5.97. The summed E-state index contributed by atoms with van der Waals surface area (Å²) >= 11 is 4.46. The number of carbonyl (C=O) groups is 1. The molecule has 6 nitrogen and oxygen atoms in total. The fourth-order valence-corrected chi connectivity index (χ4v) is 4.55. The molecule has 0 saturated carbocycles. The van der Waals surface area contributed by atoms with Gasteiger partial charge in [-0.05, 0) is 24.0 Å². The van der Waals surface area contributed by atoms with E-state index in [0.29, 0.717) is 35.8 Å². The molecule has 26 heavy (non-hydrogen) atoms. The number of hydrogen-bond donors (Lipinski definition) is 3. The number of thiol groups is 1. The summed E-state index contributed by atoms with van der Waals surface area (Å²) in [4.78, 5) is 13.7. The Hall–Kier alpha value is -2.03. The number of anilines is 1. The van der Waals surface area contributed by atoms with Gasteiger partial charge in [-0.3, -0.25) is 0 Å². The molecule has 8 heteroatoms. The quantitative estimate of drug-likeness (QED) is 0.695. The maximum Gasteiger partial charge on any atom is 0.336 e. The van der Waals surface area contributed by atoms with Crippen LogP contribution < -0.4 is 10.0 Å². The summed E-state index contributed by atoms with van der Waals surface area (Å²) in [5, 5.41) is 15.0. The number of benzene rings is 2. The molecule has 0 aliphatic carbocycles. The predicted molar refractivity (Wildman–Crippen MR) is 103 cm³/mol. The SMILES string of the molecule is CC1CCN(c2c(S)c(C(=O)O)cc(S(N)(=O)=O)c2-c2ccccc2)C1. The van der Waals surface area contributed by atoms with E-state index in [4.69, 9.17) is 5.14 Å². The monoisotopic (exact) mass is 392 g/mol. The van der Waals surface area contributed by atoms with Gasteiger partial charge in [-0.1, -0.05) is 37.3 Å². The van der Waals surface area contributed by atoms with Crippen molar-refractivity contribution in [2.24, 2.45) is 11.1 Å². The van der Waals surface area contributed by atoms with Crippen LogP contribution in [0.15, 0.2) is 46.2 Å². The van der Waals surface area contributed by atoms with Crippen molar-refractivity contribution in [1.29, 1.82) is 0 Å². The number of hydrogen-bond acceptors (Lipinski definition) is 5. The Morgan fingerprint density at radius 2 is 1.96 bits per heavy atom. The second-order valence-electron chi connectivity index (χ2n) is 6.55. The van der Waals surface area contributed by atoms with Gasteiger partial charge in [0.2, 0.25) is 10.0 Å². The fourth-order valence-electron chi connectivity index (χ4n) is 3.35. The summed E-state index contributed by atoms with van der Waals surface area (Å²) < 4.78 is 24.6. The molecule has 0 amide bonds. The molecule has 0 bridgehead atoms. The van der Waals surface area contributed by atoms with Crippen molar-refractivity contribution in [2.75, 3.05) is 18.0 Å². The first kappa shape index (κ1) is 18.8. The molecule has 2 aromatic rings. The summed E-state index contributed by atoms with van der Waals surface area (Å²) in [6, 6.07) is 10.1. The average molecular weight is 393 g/mol. The number of nitrogens with zero attached hydrogens (tertiary/aromatic N) is 1. The van der Waals surface area contributed by atoms with E-state index in [1.54, 1.807) is 24.3 Å². The molecule has 1 heterocycles. The second-order valence-corrected chi connectivity index (χ2v) is 8.53. The molecule has 3 N–H and O–H groups in total. The zero-order chi connectivity index (χ0) is 19.1. The van der Waals surface area contributed by atoms with Crippen molar-refractivity contribution >= 4 is 34.3 Å². The normalized spacial score (nSPS) is 17.5. The summed E-state index contributed by atoms with van der Waals surface area (Å²) in [7, 11) is -4.14.